The van der Waals surface area contributed by atoms with Crippen molar-refractivity contribution in [3.05, 3.63) is 38.5 Å². The van der Waals surface area contributed by atoms with Crippen molar-refractivity contribution in [1.29, 1.82) is 5.26 Å². The Morgan fingerprint density at radius 2 is 2.04 bits per heavy atom. The molecule has 0 saturated heterocycles. The molecular formula is C12H11Cl2N5O3S. The van der Waals surface area contributed by atoms with Crippen LogP contribution in [0.5, 0.6) is 0 Å². The zero-order chi connectivity index (χ0) is 17.4. The molecule has 2 aromatic rings. The predicted octanol–water partition coefficient (Wildman–Crippen LogP) is 1.51. The average molecular weight is 376 g/mol. The van der Waals surface area contributed by atoms with E-state index in [-0.39, 0.29) is 33.0 Å². The van der Waals surface area contributed by atoms with Crippen molar-refractivity contribution >= 4 is 38.9 Å². The molecule has 8 nitrogen and oxygen atoms in total. The van der Waals surface area contributed by atoms with Crippen molar-refractivity contribution < 1.29 is 8.42 Å². The maximum Gasteiger partial charge on any atom is 0.351 e. The van der Waals surface area contributed by atoms with E-state index in [0.717, 1.165) is 9.25 Å². The predicted molar refractivity (Wildman–Crippen MR) is 86.6 cm³/mol. The summed E-state index contributed by atoms with van der Waals surface area (Å²) in [5.41, 5.74) is -0.439. The normalized spacial score (nSPS) is 11.3. The number of hydrogen-bond donors (Lipinski definition) is 1. The van der Waals surface area contributed by atoms with Crippen LogP contribution in [0.15, 0.2) is 16.9 Å². The Labute approximate surface area is 141 Å². The number of nitrogens with one attached hydrogen (secondary N) is 1. The van der Waals surface area contributed by atoms with Gasteiger partial charge in [-0.2, -0.15) is 9.94 Å². The van der Waals surface area contributed by atoms with Crippen molar-refractivity contribution in [2.24, 2.45) is 7.05 Å². The number of nitriles is 1. The Morgan fingerprint density at radius 3 is 2.52 bits per heavy atom. The van der Waals surface area contributed by atoms with Crippen LogP contribution in [-0.2, 0) is 17.1 Å². The first kappa shape index (κ1) is 17.3. The maximum absolute atomic E-state index is 12.1. The first-order chi connectivity index (χ1) is 10.7. The van der Waals surface area contributed by atoms with Crippen molar-refractivity contribution in [3.63, 3.8) is 0 Å². The molecule has 0 unspecified atom stereocenters. The highest BCUT2D eigenvalue weighted by Gasteiger charge is 2.18. The van der Waals surface area contributed by atoms with Gasteiger partial charge in [0.05, 0.1) is 27.7 Å². The van der Waals surface area contributed by atoms with Gasteiger partial charge in [-0.1, -0.05) is 11.6 Å². The van der Waals surface area contributed by atoms with Crippen LogP contribution < -0.4 is 10.4 Å². The minimum absolute atomic E-state index is 0.00225. The van der Waals surface area contributed by atoms with Gasteiger partial charge in [0.2, 0.25) is 15.3 Å². The van der Waals surface area contributed by atoms with Gasteiger partial charge in [-0.3, -0.25) is 9.29 Å². The molecule has 23 heavy (non-hydrogen) atoms. The van der Waals surface area contributed by atoms with Gasteiger partial charge in [-0.05, 0) is 30.7 Å². The highest BCUT2D eigenvalue weighted by atomic mass is 35.5. The van der Waals surface area contributed by atoms with E-state index in [1.54, 1.807) is 0 Å². The Bertz CT molecular complexity index is 972. The average Bonchev–Trinajstić information content (AvgIpc) is 2.76. The van der Waals surface area contributed by atoms with Crippen LogP contribution >= 0.6 is 23.2 Å². The van der Waals surface area contributed by atoms with Crippen molar-refractivity contribution in [3.8, 4) is 11.8 Å². The van der Waals surface area contributed by atoms with Crippen LogP contribution in [0.1, 0.15) is 12.5 Å². The summed E-state index contributed by atoms with van der Waals surface area (Å²) < 4.78 is 27.8. The van der Waals surface area contributed by atoms with Gasteiger partial charge in [0.1, 0.15) is 6.07 Å². The van der Waals surface area contributed by atoms with Crippen LogP contribution in [-0.4, -0.2) is 28.5 Å². The van der Waals surface area contributed by atoms with Gasteiger partial charge < -0.3 is 0 Å². The second kappa shape index (κ2) is 6.23. The molecule has 1 N–H and O–H groups in total. The summed E-state index contributed by atoms with van der Waals surface area (Å²) in [7, 11) is -2.19. The topological polar surface area (TPSA) is 110 Å². The van der Waals surface area contributed by atoms with Crippen LogP contribution in [0.25, 0.3) is 5.69 Å². The molecule has 0 spiro atoms. The fraction of sp³-hybridized carbons (Fsp3) is 0.250. The van der Waals surface area contributed by atoms with Crippen LogP contribution in [0.2, 0.25) is 10.3 Å². The highest BCUT2D eigenvalue weighted by molar-refractivity contribution is 7.92. The van der Waals surface area contributed by atoms with Crippen molar-refractivity contribution in [2.75, 3.05) is 10.5 Å². The fourth-order valence-electron chi connectivity index (χ4n) is 1.71. The van der Waals surface area contributed by atoms with Crippen molar-refractivity contribution in [2.45, 2.75) is 6.92 Å². The first-order valence-electron chi connectivity index (χ1n) is 6.26. The molecular weight excluding hydrogens is 365 g/mol. The fourth-order valence-corrected chi connectivity index (χ4v) is 2.75. The molecule has 0 aliphatic rings. The monoisotopic (exact) mass is 375 g/mol. The number of benzene rings is 1. The third-order valence-corrected chi connectivity index (χ3v) is 4.93. The second-order valence-electron chi connectivity index (χ2n) is 4.49. The lowest BCUT2D eigenvalue weighted by Crippen LogP contribution is -2.22. The van der Waals surface area contributed by atoms with E-state index in [1.807, 2.05) is 6.07 Å². The third kappa shape index (κ3) is 3.34. The quantitative estimate of drug-likeness (QED) is 0.870. The summed E-state index contributed by atoms with van der Waals surface area (Å²) in [6, 6.07) is 4.35. The summed E-state index contributed by atoms with van der Waals surface area (Å²) in [5, 5.41) is 13.0. The van der Waals surface area contributed by atoms with E-state index >= 15 is 0 Å². The number of anilines is 1. The smallest absolute Gasteiger partial charge is 0.282 e. The van der Waals surface area contributed by atoms with Gasteiger partial charge in [-0.25, -0.2) is 13.2 Å². The summed E-state index contributed by atoms with van der Waals surface area (Å²) >= 11 is 11.9. The lowest BCUT2D eigenvalue weighted by Gasteiger charge is -2.11. The summed E-state index contributed by atoms with van der Waals surface area (Å²) in [4.78, 5) is 12.1. The lowest BCUT2D eigenvalue weighted by atomic mass is 10.2. The molecule has 0 radical (unpaired) electrons. The van der Waals surface area contributed by atoms with Gasteiger partial charge in [0, 0.05) is 7.05 Å². The summed E-state index contributed by atoms with van der Waals surface area (Å²) in [5.74, 6) is -0.175. The molecule has 1 aromatic carbocycles. The molecule has 0 aliphatic carbocycles. The van der Waals surface area contributed by atoms with Gasteiger partial charge >= 0.3 is 5.69 Å². The third-order valence-electron chi connectivity index (χ3n) is 3.01. The van der Waals surface area contributed by atoms with Gasteiger partial charge in [0.25, 0.3) is 0 Å². The Hall–Kier alpha value is -2.02. The molecule has 0 atom stereocenters. The molecule has 2 rings (SSSR count). The molecule has 122 valence electrons. The number of halogens is 2. The minimum Gasteiger partial charge on any atom is -0.282 e. The van der Waals surface area contributed by atoms with Crippen molar-refractivity contribution in [1.82, 2.24) is 14.3 Å². The zero-order valence-electron chi connectivity index (χ0n) is 12.0. The van der Waals surface area contributed by atoms with Gasteiger partial charge in [-0.15, -0.1) is 5.10 Å². The molecule has 0 fully saturated rings. The van der Waals surface area contributed by atoms with E-state index in [4.69, 9.17) is 28.5 Å². The van der Waals surface area contributed by atoms with Gasteiger partial charge in [0.15, 0.2) is 0 Å². The summed E-state index contributed by atoms with van der Waals surface area (Å²) in [6.07, 6.45) is 0. The number of hydrogen-bond acceptors (Lipinski definition) is 5. The minimum atomic E-state index is -3.61. The van der Waals surface area contributed by atoms with Crippen LogP contribution in [0.3, 0.4) is 0 Å². The first-order valence-corrected chi connectivity index (χ1v) is 8.67. The van der Waals surface area contributed by atoms with E-state index in [9.17, 15) is 13.2 Å². The summed E-state index contributed by atoms with van der Waals surface area (Å²) in [6.45, 7) is 1.45. The number of nitrogens with zero attached hydrogens (tertiary/aromatic N) is 4. The van der Waals surface area contributed by atoms with E-state index < -0.39 is 15.7 Å². The largest absolute Gasteiger partial charge is 0.351 e. The number of rotatable bonds is 4. The van der Waals surface area contributed by atoms with E-state index in [1.165, 1.54) is 26.1 Å². The second-order valence-corrected chi connectivity index (χ2v) is 7.25. The standard InChI is InChI=1S/C12H11Cl2N5O3S/c1-3-23(21,22)17-9-5-10(8(13)4-7(9)6-15)19-12(20)18(2)11(14)16-19/h4-5,17H,3H2,1-2H3. The van der Waals surface area contributed by atoms with E-state index in [0.29, 0.717) is 0 Å². The zero-order valence-corrected chi connectivity index (χ0v) is 14.4. The SMILES string of the molecule is CCS(=O)(=O)Nc1cc(-n2nc(Cl)n(C)c2=O)c(Cl)cc1C#N. The lowest BCUT2D eigenvalue weighted by molar-refractivity contribution is 0.602. The molecule has 0 bridgehead atoms. The molecule has 1 heterocycles. The molecule has 0 saturated carbocycles. The Morgan fingerprint density at radius 1 is 1.39 bits per heavy atom. The molecule has 1 aromatic heterocycles. The highest BCUT2D eigenvalue weighted by Crippen LogP contribution is 2.28. The van der Waals surface area contributed by atoms with E-state index in [2.05, 4.69) is 9.82 Å². The molecule has 0 aliphatic heterocycles. The number of sulfonamides is 1. The Kier molecular flexibility index (Phi) is 4.70. The van der Waals surface area contributed by atoms with Crippen LogP contribution in [0.4, 0.5) is 5.69 Å². The Balaban J connectivity index is 2.69. The maximum atomic E-state index is 12.1. The van der Waals surface area contributed by atoms with Crippen LogP contribution in [0, 0.1) is 11.3 Å². The number of aromatic nitrogens is 3. The molecule has 0 amide bonds. The molecule has 11 heteroatoms.